The van der Waals surface area contributed by atoms with Gasteiger partial charge in [-0.3, -0.25) is 0 Å². The molecule has 0 saturated heterocycles. The molecule has 0 aromatic heterocycles. The van der Waals surface area contributed by atoms with Crippen molar-refractivity contribution < 1.29 is 46.1 Å². The van der Waals surface area contributed by atoms with E-state index < -0.39 is 21.3 Å². The van der Waals surface area contributed by atoms with Crippen molar-refractivity contribution in [3.05, 3.63) is 151 Å². The summed E-state index contributed by atoms with van der Waals surface area (Å²) in [6.45, 7) is 21.2. The molecule has 0 heterocycles. The molecule has 46 heavy (non-hydrogen) atoms. The molecule has 0 unspecified atom stereocenters. The van der Waals surface area contributed by atoms with E-state index in [0.717, 1.165) is 6.42 Å². The van der Waals surface area contributed by atoms with Gasteiger partial charge in [0.05, 0.1) is 0 Å². The number of hydrogen-bond acceptors (Lipinski definition) is 0. The normalized spacial score (nSPS) is 14.2. The molecule has 3 heteroatoms. The van der Waals surface area contributed by atoms with Gasteiger partial charge in [-0.15, -0.1) is 0 Å². The summed E-state index contributed by atoms with van der Waals surface area (Å²) >= 11 is -2.79. The zero-order valence-electron chi connectivity index (χ0n) is 28.9. The maximum Gasteiger partial charge on any atom is -1.00 e. The van der Waals surface area contributed by atoms with Crippen molar-refractivity contribution in [3.8, 4) is 11.1 Å². The molecule has 2 aliphatic rings. The topological polar surface area (TPSA) is 0 Å². The first-order valence-electron chi connectivity index (χ1n) is 16.3. The average molecular weight is 727 g/mol. The fourth-order valence-electron chi connectivity index (χ4n) is 6.92. The number of fused-ring (bicyclic) bond motifs is 3. The molecule has 4 aromatic carbocycles. The van der Waals surface area contributed by atoms with Crippen LogP contribution in [-0.4, -0.2) is 3.21 Å². The Hall–Kier alpha value is -2.31. The quantitative estimate of drug-likeness (QED) is 0.261. The van der Waals surface area contributed by atoms with Crippen LogP contribution in [-0.2, 0) is 32.1 Å². The fourth-order valence-corrected chi connectivity index (χ4v) is 15.9. The Morgan fingerprint density at radius 1 is 0.565 bits per heavy atom. The van der Waals surface area contributed by atoms with Crippen LogP contribution in [0.1, 0.15) is 106 Å². The molecular formula is C43H48Cl2Zr. The molecule has 0 bridgehead atoms. The minimum atomic E-state index is -2.79. The zero-order valence-corrected chi connectivity index (χ0v) is 32.9. The van der Waals surface area contributed by atoms with Gasteiger partial charge in [0.25, 0.3) is 0 Å². The van der Waals surface area contributed by atoms with E-state index in [1.54, 1.807) is 17.6 Å². The van der Waals surface area contributed by atoms with E-state index in [0.29, 0.717) is 3.63 Å². The Balaban J connectivity index is 0.00000240. The van der Waals surface area contributed by atoms with Gasteiger partial charge in [-0.1, -0.05) is 0 Å². The van der Waals surface area contributed by atoms with Crippen LogP contribution in [0, 0.1) is 5.41 Å². The van der Waals surface area contributed by atoms with Crippen molar-refractivity contribution in [2.24, 2.45) is 5.41 Å². The van der Waals surface area contributed by atoms with Gasteiger partial charge in [0.15, 0.2) is 0 Å². The predicted octanol–water partition coefficient (Wildman–Crippen LogP) is 5.51. The summed E-state index contributed by atoms with van der Waals surface area (Å²) < 4.78 is 3.74. The largest absolute Gasteiger partial charge is 1.00 e. The number of allylic oxidation sites excluding steroid dienone is 4. The molecule has 0 spiro atoms. The van der Waals surface area contributed by atoms with Crippen molar-refractivity contribution >= 4 is 3.21 Å². The second-order valence-corrected chi connectivity index (χ2v) is 22.1. The summed E-state index contributed by atoms with van der Waals surface area (Å²) in [7, 11) is 0. The summed E-state index contributed by atoms with van der Waals surface area (Å²) in [6.07, 6.45) is 6.25. The van der Waals surface area contributed by atoms with Crippen LogP contribution in [0.2, 0.25) is 0 Å². The molecule has 0 saturated carbocycles. The van der Waals surface area contributed by atoms with E-state index in [1.165, 1.54) is 39.0 Å². The molecular weight excluding hydrogens is 679 g/mol. The number of benzene rings is 4. The number of rotatable bonds is 4. The van der Waals surface area contributed by atoms with Gasteiger partial charge in [0.2, 0.25) is 0 Å². The first kappa shape index (κ1) is 36.5. The van der Waals surface area contributed by atoms with Gasteiger partial charge in [-0.05, 0) is 0 Å². The van der Waals surface area contributed by atoms with Gasteiger partial charge < -0.3 is 24.8 Å². The van der Waals surface area contributed by atoms with Crippen molar-refractivity contribution in [3.63, 3.8) is 0 Å². The van der Waals surface area contributed by atoms with Crippen LogP contribution in [0.15, 0.2) is 118 Å². The molecule has 0 nitrogen and oxygen atoms in total. The molecule has 4 aromatic rings. The third-order valence-electron chi connectivity index (χ3n) is 9.51. The van der Waals surface area contributed by atoms with Crippen LogP contribution < -0.4 is 24.8 Å². The molecule has 0 atom stereocenters. The molecule has 0 fully saturated rings. The van der Waals surface area contributed by atoms with Gasteiger partial charge >= 0.3 is 276 Å². The Kier molecular flexibility index (Phi) is 10.9. The number of halogens is 2. The molecule has 6 rings (SSSR count). The maximum atomic E-state index is 2.64. The van der Waals surface area contributed by atoms with E-state index in [1.807, 2.05) is 0 Å². The molecule has 238 valence electrons. The van der Waals surface area contributed by atoms with E-state index in [4.69, 9.17) is 0 Å². The zero-order chi connectivity index (χ0) is 31.4. The van der Waals surface area contributed by atoms with Crippen LogP contribution in [0.4, 0.5) is 0 Å². The summed E-state index contributed by atoms with van der Waals surface area (Å²) in [5.41, 5.74) is 13.5. The molecule has 0 amide bonds. The molecule has 0 aliphatic heterocycles. The summed E-state index contributed by atoms with van der Waals surface area (Å²) in [4.78, 5) is 0. The predicted molar refractivity (Wildman–Crippen MR) is 187 cm³/mol. The minimum absolute atomic E-state index is 0. The van der Waals surface area contributed by atoms with E-state index >= 15 is 0 Å². The first-order valence-corrected chi connectivity index (χ1v) is 20.2. The third-order valence-corrected chi connectivity index (χ3v) is 17.8. The summed E-state index contributed by atoms with van der Waals surface area (Å²) in [6, 6.07) is 37.6. The Bertz CT molecular complexity index is 1700. The summed E-state index contributed by atoms with van der Waals surface area (Å²) in [5.74, 6) is 0. The monoisotopic (exact) mass is 724 g/mol. The van der Waals surface area contributed by atoms with Crippen LogP contribution >= 0.6 is 0 Å². The van der Waals surface area contributed by atoms with E-state index in [-0.39, 0.29) is 41.1 Å². The van der Waals surface area contributed by atoms with Crippen LogP contribution in [0.5, 0.6) is 0 Å². The standard InChI is InChI=1S/C21H25.C13H10.C9H13.2ClH.Zr/c1-20(2,3)16-7-9-18-14(12-16)11-15-13-17(21(4,5)6)8-10-19(15)18;1-3-7-12(8-4-1)11-13-9-5-2-6-10-13;1-9(2,3)8-6-4-5-7-8;;;/h7-13H,1-6H3;1-10H;6-7H,4H2,1-3H3;2*1H;/q;;;;;+2/p-2. The van der Waals surface area contributed by atoms with Gasteiger partial charge in [0.1, 0.15) is 0 Å². The van der Waals surface area contributed by atoms with Gasteiger partial charge in [0, 0.05) is 0 Å². The van der Waals surface area contributed by atoms with Gasteiger partial charge in [-0.25, -0.2) is 0 Å². The first-order chi connectivity index (χ1) is 20.7. The Morgan fingerprint density at radius 2 is 1.00 bits per heavy atom. The molecule has 0 radical (unpaired) electrons. The SMILES string of the molecule is CC(C)(C)C1=CC[C]([Zr+2](=[C](c2ccccc2)c2ccccc2)[CH]2c3cc(C(C)(C)C)ccc3-c3ccc(C(C)(C)C)cc32)=C1.[Cl-].[Cl-]. The molecule has 0 N–H and O–H groups in total. The second-order valence-electron chi connectivity index (χ2n) is 15.8. The van der Waals surface area contributed by atoms with Crippen molar-refractivity contribution in [2.45, 2.75) is 83.2 Å². The Morgan fingerprint density at radius 3 is 1.37 bits per heavy atom. The molecule has 2 aliphatic carbocycles. The smallest absolute Gasteiger partial charge is 1.00 e. The minimum Gasteiger partial charge on any atom is -1.00 e. The Labute approximate surface area is 298 Å². The van der Waals surface area contributed by atoms with Crippen molar-refractivity contribution in [2.75, 3.05) is 0 Å². The number of hydrogen-bond donors (Lipinski definition) is 0. The van der Waals surface area contributed by atoms with Crippen LogP contribution in [0.25, 0.3) is 11.1 Å². The fraction of sp³-hybridized carbons (Fsp3) is 0.326. The van der Waals surface area contributed by atoms with Gasteiger partial charge in [-0.2, -0.15) is 0 Å². The summed E-state index contributed by atoms with van der Waals surface area (Å²) in [5, 5.41) is 0. The van der Waals surface area contributed by atoms with Crippen molar-refractivity contribution in [1.29, 1.82) is 0 Å². The maximum absolute atomic E-state index is 2.79. The third kappa shape index (κ3) is 7.09. The average Bonchev–Trinajstić information content (AvgIpc) is 3.59. The van der Waals surface area contributed by atoms with Crippen molar-refractivity contribution in [1.82, 2.24) is 0 Å². The second kappa shape index (κ2) is 13.7. The van der Waals surface area contributed by atoms with E-state index in [2.05, 4.69) is 172 Å². The van der Waals surface area contributed by atoms with E-state index in [9.17, 15) is 0 Å². The van der Waals surface area contributed by atoms with Crippen LogP contribution in [0.3, 0.4) is 0 Å².